The quantitative estimate of drug-likeness (QED) is 0.314. The third-order valence-corrected chi connectivity index (χ3v) is 6.36. The van der Waals surface area contributed by atoms with Crippen LogP contribution in [0.2, 0.25) is 0 Å². The first-order chi connectivity index (χ1) is 14.6. The molecule has 1 aliphatic heterocycles. The summed E-state index contributed by atoms with van der Waals surface area (Å²) in [6.07, 6.45) is 15.5. The van der Waals surface area contributed by atoms with Gasteiger partial charge in [0, 0.05) is 18.4 Å². The number of aromatic nitrogens is 2. The lowest BCUT2D eigenvalue weighted by atomic mass is 10.1. The zero-order chi connectivity index (χ0) is 21.6. The Kier molecular flexibility index (Phi) is 11.9. The van der Waals surface area contributed by atoms with Crippen molar-refractivity contribution in [3.63, 3.8) is 0 Å². The van der Waals surface area contributed by atoms with Crippen LogP contribution in [0.25, 0.3) is 0 Å². The average molecular weight is 440 g/mol. The number of esters is 1. The Morgan fingerprint density at radius 1 is 1.17 bits per heavy atom. The van der Waals surface area contributed by atoms with Crippen molar-refractivity contribution in [3.8, 4) is 0 Å². The fraction of sp³-hybridized carbons (Fsp3) is 0.773. The first-order valence-corrected chi connectivity index (χ1v) is 12.4. The molecule has 0 aromatic carbocycles. The monoisotopic (exact) mass is 439 g/mol. The molecule has 0 unspecified atom stereocenters. The number of ether oxygens (including phenoxy) is 2. The Hall–Kier alpha value is -1.54. The van der Waals surface area contributed by atoms with Gasteiger partial charge in [0.15, 0.2) is 0 Å². The van der Waals surface area contributed by atoms with Gasteiger partial charge in [0.25, 0.3) is 0 Å². The van der Waals surface area contributed by atoms with E-state index in [0.717, 1.165) is 12.8 Å². The highest BCUT2D eigenvalue weighted by molar-refractivity contribution is 8.00. The van der Waals surface area contributed by atoms with Crippen molar-refractivity contribution in [1.29, 1.82) is 0 Å². The maximum Gasteiger partial charge on any atom is 0.351 e. The molecule has 1 saturated heterocycles. The number of hydrogen-bond acceptors (Lipinski definition) is 7. The van der Waals surface area contributed by atoms with Gasteiger partial charge in [0.2, 0.25) is 0 Å². The number of anilines is 1. The summed E-state index contributed by atoms with van der Waals surface area (Å²) in [6, 6.07) is 1.57. The van der Waals surface area contributed by atoms with E-state index in [1.807, 2.05) is 0 Å². The van der Waals surface area contributed by atoms with E-state index >= 15 is 0 Å². The van der Waals surface area contributed by atoms with Gasteiger partial charge in [-0.15, -0.1) is 11.8 Å². The maximum atomic E-state index is 11.9. The molecule has 0 aliphatic carbocycles. The largest absolute Gasteiger partial charge is 0.462 e. The fourth-order valence-electron chi connectivity index (χ4n) is 3.49. The smallest absolute Gasteiger partial charge is 0.351 e. The minimum Gasteiger partial charge on any atom is -0.462 e. The Bertz CT molecular complexity index is 683. The number of carbonyl (C=O) groups excluding carboxylic acids is 1. The highest BCUT2D eigenvalue weighted by Crippen LogP contribution is 2.31. The molecule has 7 nitrogen and oxygen atoms in total. The number of unbranched alkanes of at least 4 members (excludes halogenated alkanes) is 10. The maximum absolute atomic E-state index is 11.9. The number of thioether (sulfide) groups is 1. The predicted molar refractivity (Wildman–Crippen MR) is 121 cm³/mol. The van der Waals surface area contributed by atoms with Crippen molar-refractivity contribution in [3.05, 3.63) is 22.7 Å². The molecule has 1 aliphatic rings. The van der Waals surface area contributed by atoms with E-state index in [1.165, 1.54) is 74.1 Å². The second-order valence-electron chi connectivity index (χ2n) is 7.86. The highest BCUT2D eigenvalue weighted by Gasteiger charge is 2.29. The third-order valence-electron chi connectivity index (χ3n) is 5.26. The van der Waals surface area contributed by atoms with Crippen LogP contribution in [0.15, 0.2) is 17.1 Å². The van der Waals surface area contributed by atoms with E-state index in [-0.39, 0.29) is 23.8 Å². The standard InChI is InChI=1S/C22H37N3O4S/c1-2-3-4-5-6-7-8-9-10-11-12-13-20(26)28-16-21-29-19(17-30-21)25-15-14-18(23)24-22(25)27/h14-15,19,21H,2-13,16-17H2,1H3,(H2,23,24,27)/t19-,21+/m0/s1. The normalized spacial score (nSPS) is 18.6. The first-order valence-electron chi connectivity index (χ1n) is 11.4. The van der Waals surface area contributed by atoms with Crippen molar-refractivity contribution in [2.75, 3.05) is 18.1 Å². The van der Waals surface area contributed by atoms with Crippen LogP contribution in [0.3, 0.4) is 0 Å². The molecule has 170 valence electrons. The lowest BCUT2D eigenvalue weighted by Crippen LogP contribution is -2.29. The van der Waals surface area contributed by atoms with Crippen molar-refractivity contribution in [1.82, 2.24) is 9.55 Å². The molecular formula is C22H37N3O4S. The molecule has 1 fully saturated rings. The van der Waals surface area contributed by atoms with Gasteiger partial charge in [0.05, 0.1) is 0 Å². The molecule has 1 aromatic rings. The van der Waals surface area contributed by atoms with Crippen molar-refractivity contribution >= 4 is 23.5 Å². The van der Waals surface area contributed by atoms with Crippen molar-refractivity contribution in [2.24, 2.45) is 0 Å². The molecule has 0 amide bonds. The van der Waals surface area contributed by atoms with Crippen LogP contribution in [-0.4, -0.2) is 33.3 Å². The molecule has 30 heavy (non-hydrogen) atoms. The number of nitrogens with zero attached hydrogens (tertiary/aromatic N) is 2. The summed E-state index contributed by atoms with van der Waals surface area (Å²) in [5.41, 5.74) is 4.81. The summed E-state index contributed by atoms with van der Waals surface area (Å²) >= 11 is 1.53. The molecule has 8 heteroatoms. The molecular weight excluding hydrogens is 402 g/mol. The minimum absolute atomic E-state index is 0.176. The van der Waals surface area contributed by atoms with Gasteiger partial charge in [-0.1, -0.05) is 71.1 Å². The summed E-state index contributed by atoms with van der Waals surface area (Å²) in [5, 5.41) is 0. The van der Waals surface area contributed by atoms with E-state index in [1.54, 1.807) is 12.3 Å². The second-order valence-corrected chi connectivity index (χ2v) is 9.06. The minimum atomic E-state index is -0.435. The van der Waals surface area contributed by atoms with Crippen LogP contribution >= 0.6 is 11.8 Å². The first kappa shape index (κ1) is 24.7. The molecule has 0 saturated carbocycles. The summed E-state index contributed by atoms with van der Waals surface area (Å²) in [5.74, 6) is 0.617. The molecule has 2 atom stereocenters. The Balaban J connectivity index is 1.47. The molecule has 2 rings (SSSR count). The lowest BCUT2D eigenvalue weighted by molar-refractivity contribution is -0.147. The van der Waals surface area contributed by atoms with E-state index in [4.69, 9.17) is 15.2 Å². The Morgan fingerprint density at radius 2 is 1.80 bits per heavy atom. The number of hydrogen-bond donors (Lipinski definition) is 1. The van der Waals surface area contributed by atoms with Gasteiger partial charge in [-0.25, -0.2) is 4.79 Å². The zero-order valence-corrected chi connectivity index (χ0v) is 19.0. The topological polar surface area (TPSA) is 96.4 Å². The number of carbonyl (C=O) groups is 1. The fourth-order valence-corrected chi connectivity index (χ4v) is 4.48. The number of rotatable bonds is 15. The number of nitrogen functional groups attached to an aromatic ring is 1. The highest BCUT2D eigenvalue weighted by atomic mass is 32.2. The summed E-state index contributed by atoms with van der Waals surface area (Å²) in [4.78, 5) is 27.5. The van der Waals surface area contributed by atoms with Crippen LogP contribution in [0, 0.1) is 0 Å². The van der Waals surface area contributed by atoms with Crippen LogP contribution in [0.1, 0.15) is 90.2 Å². The van der Waals surface area contributed by atoms with E-state index in [0.29, 0.717) is 12.2 Å². The molecule has 2 heterocycles. The van der Waals surface area contributed by atoms with Crippen LogP contribution in [0.5, 0.6) is 0 Å². The van der Waals surface area contributed by atoms with Gasteiger partial charge >= 0.3 is 11.7 Å². The van der Waals surface area contributed by atoms with Crippen LogP contribution in [0.4, 0.5) is 5.82 Å². The van der Waals surface area contributed by atoms with E-state index < -0.39 is 11.9 Å². The van der Waals surface area contributed by atoms with Crippen LogP contribution in [-0.2, 0) is 14.3 Å². The second kappa shape index (κ2) is 14.5. The van der Waals surface area contributed by atoms with Crippen molar-refractivity contribution in [2.45, 2.75) is 95.6 Å². The summed E-state index contributed by atoms with van der Waals surface area (Å²) in [6.45, 7) is 2.45. The number of nitrogens with two attached hydrogens (primary N) is 1. The summed E-state index contributed by atoms with van der Waals surface area (Å²) in [7, 11) is 0. The molecule has 0 bridgehead atoms. The SMILES string of the molecule is CCCCCCCCCCCCCC(=O)OC[C@@H]1O[C@H](n2ccc(N)nc2=O)CS1. The molecule has 2 N–H and O–H groups in total. The molecule has 0 spiro atoms. The Labute approximate surface area is 184 Å². The van der Waals surface area contributed by atoms with Gasteiger partial charge in [-0.2, -0.15) is 4.98 Å². The van der Waals surface area contributed by atoms with Crippen LogP contribution < -0.4 is 11.4 Å². The van der Waals surface area contributed by atoms with Gasteiger partial charge in [-0.05, 0) is 12.5 Å². The molecule has 1 aromatic heterocycles. The van der Waals surface area contributed by atoms with Gasteiger partial charge in [-0.3, -0.25) is 9.36 Å². The average Bonchev–Trinajstić information content (AvgIpc) is 3.19. The van der Waals surface area contributed by atoms with Gasteiger partial charge in [0.1, 0.15) is 24.1 Å². The van der Waals surface area contributed by atoms with Crippen molar-refractivity contribution < 1.29 is 14.3 Å². The lowest BCUT2D eigenvalue weighted by Gasteiger charge is -2.14. The summed E-state index contributed by atoms with van der Waals surface area (Å²) < 4.78 is 12.6. The van der Waals surface area contributed by atoms with E-state index in [9.17, 15) is 9.59 Å². The predicted octanol–water partition coefficient (Wildman–Crippen LogP) is 4.66. The molecule has 0 radical (unpaired) electrons. The Morgan fingerprint density at radius 3 is 2.43 bits per heavy atom. The van der Waals surface area contributed by atoms with E-state index in [2.05, 4.69) is 11.9 Å². The zero-order valence-electron chi connectivity index (χ0n) is 18.2. The van der Waals surface area contributed by atoms with Gasteiger partial charge < -0.3 is 15.2 Å². The third kappa shape index (κ3) is 9.51.